The number of hydrogen-bond acceptors (Lipinski definition) is 0. The van der Waals surface area contributed by atoms with Crippen molar-refractivity contribution in [2.75, 3.05) is 0 Å². The van der Waals surface area contributed by atoms with Crippen molar-refractivity contribution in [3.8, 4) is 0 Å². The molecule has 1 unspecified atom stereocenters. The third-order valence-corrected chi connectivity index (χ3v) is 2.97. The Kier molecular flexibility index (Phi) is 8.18. The van der Waals surface area contributed by atoms with E-state index in [0.29, 0.717) is 0 Å². The molecule has 0 aliphatic rings. The van der Waals surface area contributed by atoms with Gasteiger partial charge in [-0.3, -0.25) is 0 Å². The molecular weight excluding hydrogens is 156 g/mol. The number of hydrogen-bond donors (Lipinski definition) is 0. The maximum Gasteiger partial charge on any atom is -0.0235 e. The topological polar surface area (TPSA) is 0 Å². The second-order valence-corrected chi connectivity index (χ2v) is 4.14. The van der Waals surface area contributed by atoms with Crippen LogP contribution in [0, 0.1) is 5.92 Å². The van der Waals surface area contributed by atoms with Gasteiger partial charge in [-0.05, 0) is 26.2 Å². The molecule has 0 bridgehead atoms. The second-order valence-electron chi connectivity index (χ2n) is 4.14. The fourth-order valence-electron chi connectivity index (χ4n) is 1.57. The van der Waals surface area contributed by atoms with Crippen molar-refractivity contribution in [2.24, 2.45) is 5.92 Å². The van der Waals surface area contributed by atoms with Gasteiger partial charge in [0.1, 0.15) is 0 Å². The van der Waals surface area contributed by atoms with Gasteiger partial charge in [0.05, 0.1) is 0 Å². The van der Waals surface area contributed by atoms with Gasteiger partial charge in [-0.1, -0.05) is 57.6 Å². The molecule has 0 amide bonds. The van der Waals surface area contributed by atoms with Crippen LogP contribution >= 0.6 is 0 Å². The van der Waals surface area contributed by atoms with Crippen LogP contribution in [0.1, 0.15) is 66.2 Å². The molecule has 0 heteroatoms. The normalized spacial score (nSPS) is 14.6. The van der Waals surface area contributed by atoms with E-state index in [9.17, 15) is 0 Å². The molecule has 0 saturated heterocycles. The molecule has 13 heavy (non-hydrogen) atoms. The van der Waals surface area contributed by atoms with Crippen molar-refractivity contribution >= 4 is 0 Å². The van der Waals surface area contributed by atoms with Crippen molar-refractivity contribution in [2.45, 2.75) is 66.2 Å². The largest absolute Gasteiger partial charge is 0.0885 e. The molecule has 0 fully saturated rings. The zero-order valence-corrected chi connectivity index (χ0v) is 9.90. The number of allylic oxidation sites excluding steroid dienone is 2. The van der Waals surface area contributed by atoms with Crippen molar-refractivity contribution < 1.29 is 0 Å². The predicted molar refractivity (Wildman–Crippen MR) is 62.0 cm³/mol. The van der Waals surface area contributed by atoms with Crippen LogP contribution in [-0.4, -0.2) is 0 Å². The molecule has 1 atom stereocenters. The lowest BCUT2D eigenvalue weighted by atomic mass is 9.95. The lowest BCUT2D eigenvalue weighted by Crippen LogP contribution is -1.95. The van der Waals surface area contributed by atoms with E-state index in [-0.39, 0.29) is 0 Å². The standard InChI is InChI=1S/C13H26/c1-5-7-8-9-10-11-13(4)12(3)6-2/h6,13H,5,7-11H2,1-4H3/b12-6+. The summed E-state index contributed by atoms with van der Waals surface area (Å²) in [5.41, 5.74) is 1.55. The summed E-state index contributed by atoms with van der Waals surface area (Å²) in [4.78, 5) is 0. The molecule has 0 radical (unpaired) electrons. The first-order valence-electron chi connectivity index (χ1n) is 5.85. The van der Waals surface area contributed by atoms with E-state index >= 15 is 0 Å². The van der Waals surface area contributed by atoms with Crippen LogP contribution in [0.2, 0.25) is 0 Å². The molecule has 0 heterocycles. The number of unbranched alkanes of at least 4 members (excludes halogenated alkanes) is 4. The summed E-state index contributed by atoms with van der Waals surface area (Å²) in [7, 11) is 0. The van der Waals surface area contributed by atoms with Crippen molar-refractivity contribution in [3.05, 3.63) is 11.6 Å². The van der Waals surface area contributed by atoms with Crippen molar-refractivity contribution in [1.29, 1.82) is 0 Å². The van der Waals surface area contributed by atoms with E-state index in [1.165, 1.54) is 38.5 Å². The highest BCUT2D eigenvalue weighted by Crippen LogP contribution is 2.17. The van der Waals surface area contributed by atoms with Gasteiger partial charge in [0, 0.05) is 0 Å². The fourth-order valence-corrected chi connectivity index (χ4v) is 1.57. The van der Waals surface area contributed by atoms with Gasteiger partial charge >= 0.3 is 0 Å². The molecule has 0 aliphatic carbocycles. The Morgan fingerprint density at radius 3 is 2.31 bits per heavy atom. The summed E-state index contributed by atoms with van der Waals surface area (Å²) in [6.07, 6.45) is 10.6. The van der Waals surface area contributed by atoms with Gasteiger partial charge in [-0.2, -0.15) is 0 Å². The summed E-state index contributed by atoms with van der Waals surface area (Å²) < 4.78 is 0. The fraction of sp³-hybridized carbons (Fsp3) is 0.846. The molecule has 0 nitrogen and oxygen atoms in total. The van der Waals surface area contributed by atoms with E-state index in [4.69, 9.17) is 0 Å². The summed E-state index contributed by atoms with van der Waals surface area (Å²) in [5.74, 6) is 0.798. The maximum absolute atomic E-state index is 2.34. The minimum absolute atomic E-state index is 0.798. The molecule has 0 aromatic carbocycles. The van der Waals surface area contributed by atoms with Crippen molar-refractivity contribution in [1.82, 2.24) is 0 Å². The van der Waals surface area contributed by atoms with Gasteiger partial charge in [0.25, 0.3) is 0 Å². The zero-order chi connectivity index (χ0) is 10.1. The Hall–Kier alpha value is -0.260. The van der Waals surface area contributed by atoms with Crippen LogP contribution in [0.15, 0.2) is 11.6 Å². The minimum Gasteiger partial charge on any atom is -0.0885 e. The number of rotatable bonds is 7. The highest BCUT2D eigenvalue weighted by atomic mass is 14.1. The Morgan fingerprint density at radius 2 is 1.77 bits per heavy atom. The molecule has 0 aliphatic heterocycles. The lowest BCUT2D eigenvalue weighted by molar-refractivity contribution is 0.534. The first-order valence-corrected chi connectivity index (χ1v) is 5.85. The minimum atomic E-state index is 0.798. The SMILES string of the molecule is C/C=C(\C)C(C)CCCCCCC. The van der Waals surface area contributed by atoms with Gasteiger partial charge in [-0.25, -0.2) is 0 Å². The lowest BCUT2D eigenvalue weighted by Gasteiger charge is -2.11. The Balaban J connectivity index is 3.32. The van der Waals surface area contributed by atoms with Crippen LogP contribution in [0.5, 0.6) is 0 Å². The van der Waals surface area contributed by atoms with E-state index in [2.05, 4.69) is 33.8 Å². The molecule has 0 aromatic rings. The second kappa shape index (κ2) is 8.34. The van der Waals surface area contributed by atoms with Crippen LogP contribution in [-0.2, 0) is 0 Å². The zero-order valence-electron chi connectivity index (χ0n) is 9.90. The molecule has 78 valence electrons. The van der Waals surface area contributed by atoms with E-state index in [1.54, 1.807) is 5.57 Å². The molecular formula is C13H26. The highest BCUT2D eigenvalue weighted by Gasteiger charge is 2.02. The van der Waals surface area contributed by atoms with Crippen LogP contribution < -0.4 is 0 Å². The van der Waals surface area contributed by atoms with Crippen LogP contribution in [0.4, 0.5) is 0 Å². The van der Waals surface area contributed by atoms with Gasteiger partial charge in [-0.15, -0.1) is 0 Å². The Morgan fingerprint density at radius 1 is 1.15 bits per heavy atom. The van der Waals surface area contributed by atoms with Crippen molar-refractivity contribution in [3.63, 3.8) is 0 Å². The van der Waals surface area contributed by atoms with Gasteiger partial charge in [0.2, 0.25) is 0 Å². The third kappa shape index (κ3) is 6.86. The van der Waals surface area contributed by atoms with E-state index in [1.807, 2.05) is 0 Å². The van der Waals surface area contributed by atoms with E-state index < -0.39 is 0 Å². The first-order chi connectivity index (χ1) is 6.22. The van der Waals surface area contributed by atoms with Gasteiger partial charge in [0.15, 0.2) is 0 Å². The molecule has 0 rings (SSSR count). The summed E-state index contributed by atoms with van der Waals surface area (Å²) in [5, 5.41) is 0. The smallest absolute Gasteiger partial charge is 0.0235 e. The Labute approximate surface area is 84.4 Å². The summed E-state index contributed by atoms with van der Waals surface area (Å²) >= 11 is 0. The molecule has 0 aromatic heterocycles. The molecule has 0 N–H and O–H groups in total. The average Bonchev–Trinajstić information content (AvgIpc) is 2.16. The Bertz CT molecular complexity index is 133. The quantitative estimate of drug-likeness (QED) is 0.386. The third-order valence-electron chi connectivity index (χ3n) is 2.97. The van der Waals surface area contributed by atoms with Crippen LogP contribution in [0.25, 0.3) is 0 Å². The summed E-state index contributed by atoms with van der Waals surface area (Å²) in [6, 6.07) is 0. The maximum atomic E-state index is 2.34. The average molecular weight is 182 g/mol. The predicted octanol–water partition coefficient (Wildman–Crippen LogP) is 4.95. The molecule has 0 saturated carbocycles. The van der Waals surface area contributed by atoms with Crippen LogP contribution in [0.3, 0.4) is 0 Å². The molecule has 0 spiro atoms. The summed E-state index contributed by atoms with van der Waals surface area (Å²) in [6.45, 7) is 9.00. The highest BCUT2D eigenvalue weighted by molar-refractivity contribution is 4.99. The van der Waals surface area contributed by atoms with Gasteiger partial charge < -0.3 is 0 Å². The van der Waals surface area contributed by atoms with E-state index in [0.717, 1.165) is 5.92 Å². The first kappa shape index (κ1) is 12.7. The monoisotopic (exact) mass is 182 g/mol.